The van der Waals surface area contributed by atoms with Crippen LogP contribution in [-0.4, -0.2) is 36.8 Å². The summed E-state index contributed by atoms with van der Waals surface area (Å²) in [6.07, 6.45) is -0.706. The Kier molecular flexibility index (Phi) is 5.85. The van der Waals surface area contributed by atoms with Crippen molar-refractivity contribution in [2.24, 2.45) is 5.92 Å². The molecule has 0 aromatic carbocycles. The molecule has 1 aliphatic heterocycles. The van der Waals surface area contributed by atoms with Crippen molar-refractivity contribution in [1.82, 2.24) is 5.32 Å². The van der Waals surface area contributed by atoms with Crippen molar-refractivity contribution in [3.05, 3.63) is 11.8 Å². The van der Waals surface area contributed by atoms with Gasteiger partial charge in [-0.2, -0.15) is 0 Å². The van der Waals surface area contributed by atoms with Gasteiger partial charge in [0.25, 0.3) is 0 Å². The molecule has 17 heavy (non-hydrogen) atoms. The summed E-state index contributed by atoms with van der Waals surface area (Å²) in [4.78, 5) is 0. The fourth-order valence-corrected chi connectivity index (χ4v) is 1.97. The lowest BCUT2D eigenvalue weighted by Crippen LogP contribution is -2.53. The van der Waals surface area contributed by atoms with E-state index in [0.717, 1.165) is 18.6 Å². The number of allylic oxidation sites excluding steroid dienone is 2. The quantitative estimate of drug-likeness (QED) is 0.731. The third-order valence-electron chi connectivity index (χ3n) is 2.99. The molecule has 3 nitrogen and oxygen atoms in total. The number of ether oxygens (including phenoxy) is 1. The lowest BCUT2D eigenvalue weighted by atomic mass is 9.94. The summed E-state index contributed by atoms with van der Waals surface area (Å²) >= 11 is 0. The zero-order valence-electron chi connectivity index (χ0n) is 10.3. The Bertz CT molecular complexity index is 259. The maximum absolute atomic E-state index is 12.6. The van der Waals surface area contributed by atoms with Crippen molar-refractivity contribution in [3.8, 4) is 0 Å². The lowest BCUT2D eigenvalue weighted by Gasteiger charge is -2.35. The second-order valence-corrected chi connectivity index (χ2v) is 4.31. The van der Waals surface area contributed by atoms with E-state index >= 15 is 0 Å². The highest BCUT2D eigenvalue weighted by Crippen LogP contribution is 2.23. The van der Waals surface area contributed by atoms with E-state index in [1.165, 1.54) is 0 Å². The van der Waals surface area contributed by atoms with Crippen molar-refractivity contribution in [2.45, 2.75) is 45.3 Å². The summed E-state index contributed by atoms with van der Waals surface area (Å²) in [7, 11) is 0. The van der Waals surface area contributed by atoms with Gasteiger partial charge in [-0.05, 0) is 19.4 Å². The molecule has 1 fully saturated rings. The third kappa shape index (κ3) is 3.92. The second kappa shape index (κ2) is 6.91. The van der Waals surface area contributed by atoms with E-state index in [9.17, 15) is 13.9 Å². The standard InChI is InChI=1S/C12H21F2NO2/c1-3-5-8(4-2)17-10-7-15-6-9(11(10)16)12(13)14/h4,9-12,15-16H,3,5-7H2,1-2H3/b8-4+/t9-,10+,11+/m0/s1. The monoisotopic (exact) mass is 249 g/mol. The van der Waals surface area contributed by atoms with Gasteiger partial charge in [0.05, 0.1) is 11.7 Å². The van der Waals surface area contributed by atoms with Crippen molar-refractivity contribution < 1.29 is 18.6 Å². The van der Waals surface area contributed by atoms with Crippen molar-refractivity contribution >= 4 is 0 Å². The number of nitrogens with one attached hydrogen (secondary N) is 1. The highest BCUT2D eigenvalue weighted by Gasteiger charge is 2.38. The van der Waals surface area contributed by atoms with Crippen LogP contribution in [0.1, 0.15) is 26.7 Å². The average molecular weight is 249 g/mol. The molecular formula is C12H21F2NO2. The first-order valence-electron chi connectivity index (χ1n) is 6.08. The largest absolute Gasteiger partial charge is 0.491 e. The highest BCUT2D eigenvalue weighted by molar-refractivity contribution is 4.95. The Morgan fingerprint density at radius 1 is 1.53 bits per heavy atom. The molecule has 0 spiro atoms. The molecule has 3 atom stereocenters. The molecule has 0 aliphatic carbocycles. The van der Waals surface area contributed by atoms with Gasteiger partial charge in [-0.15, -0.1) is 0 Å². The smallest absolute Gasteiger partial charge is 0.245 e. The maximum Gasteiger partial charge on any atom is 0.245 e. The van der Waals surface area contributed by atoms with E-state index in [1.807, 2.05) is 19.9 Å². The van der Waals surface area contributed by atoms with Crippen LogP contribution < -0.4 is 5.32 Å². The lowest BCUT2D eigenvalue weighted by molar-refractivity contribution is -0.0947. The van der Waals surface area contributed by atoms with Crippen LogP contribution in [0.15, 0.2) is 11.8 Å². The van der Waals surface area contributed by atoms with Crippen molar-refractivity contribution in [2.75, 3.05) is 13.1 Å². The summed E-state index contributed by atoms with van der Waals surface area (Å²) in [5.41, 5.74) is 0. The fourth-order valence-electron chi connectivity index (χ4n) is 1.97. The number of piperidine rings is 1. The molecule has 1 heterocycles. The van der Waals surface area contributed by atoms with Gasteiger partial charge in [0, 0.05) is 19.5 Å². The van der Waals surface area contributed by atoms with E-state index in [4.69, 9.17) is 4.74 Å². The van der Waals surface area contributed by atoms with Crippen molar-refractivity contribution in [3.63, 3.8) is 0 Å². The number of hydrogen-bond donors (Lipinski definition) is 2. The molecule has 0 aromatic rings. The average Bonchev–Trinajstić information content (AvgIpc) is 2.30. The van der Waals surface area contributed by atoms with Crippen LogP contribution in [0.25, 0.3) is 0 Å². The minimum absolute atomic E-state index is 0.137. The minimum Gasteiger partial charge on any atom is -0.491 e. The summed E-state index contributed by atoms with van der Waals surface area (Å²) in [5, 5.41) is 12.7. The minimum atomic E-state index is -2.52. The molecule has 0 unspecified atom stereocenters. The second-order valence-electron chi connectivity index (χ2n) is 4.31. The number of alkyl halides is 2. The summed E-state index contributed by atoms with van der Waals surface area (Å²) < 4.78 is 30.9. The highest BCUT2D eigenvalue weighted by atomic mass is 19.3. The molecule has 1 aliphatic rings. The SMILES string of the molecule is C/C=C(\CCC)O[C@@H]1CNC[C@H](C(F)F)[C@H]1O. The summed E-state index contributed by atoms with van der Waals surface area (Å²) in [5.74, 6) is -0.290. The number of aliphatic hydroxyl groups excluding tert-OH is 1. The predicted octanol–water partition coefficient (Wildman–Crippen LogP) is 1.92. The van der Waals surface area contributed by atoms with Gasteiger partial charge >= 0.3 is 0 Å². The van der Waals surface area contributed by atoms with Crippen LogP contribution in [-0.2, 0) is 4.74 Å². The van der Waals surface area contributed by atoms with Gasteiger partial charge in [0.2, 0.25) is 6.43 Å². The first-order valence-corrected chi connectivity index (χ1v) is 6.08. The van der Waals surface area contributed by atoms with Gasteiger partial charge in [-0.25, -0.2) is 8.78 Å². The molecule has 5 heteroatoms. The maximum atomic E-state index is 12.6. The molecule has 0 bridgehead atoms. The molecule has 1 saturated heterocycles. The Hall–Kier alpha value is -0.680. The van der Waals surface area contributed by atoms with Crippen LogP contribution in [0.2, 0.25) is 0 Å². The van der Waals surface area contributed by atoms with Gasteiger partial charge < -0.3 is 15.2 Å². The van der Waals surface area contributed by atoms with Crippen LogP contribution >= 0.6 is 0 Å². The predicted molar refractivity (Wildman–Crippen MR) is 61.9 cm³/mol. The molecule has 100 valence electrons. The van der Waals surface area contributed by atoms with Crippen molar-refractivity contribution in [1.29, 1.82) is 0 Å². The van der Waals surface area contributed by atoms with Gasteiger partial charge in [0.1, 0.15) is 12.2 Å². The molecule has 2 N–H and O–H groups in total. The van der Waals surface area contributed by atoms with Gasteiger partial charge in [-0.1, -0.05) is 6.92 Å². The Balaban J connectivity index is 2.58. The van der Waals surface area contributed by atoms with E-state index in [1.54, 1.807) is 0 Å². The topological polar surface area (TPSA) is 41.5 Å². The number of aliphatic hydroxyl groups is 1. The van der Waals surface area contributed by atoms with Crippen LogP contribution in [0, 0.1) is 5.92 Å². The van der Waals surface area contributed by atoms with E-state index in [0.29, 0.717) is 6.54 Å². The number of hydrogen-bond acceptors (Lipinski definition) is 3. The van der Waals surface area contributed by atoms with Crippen LogP contribution in [0.3, 0.4) is 0 Å². The van der Waals surface area contributed by atoms with Crippen LogP contribution in [0.4, 0.5) is 8.78 Å². The summed E-state index contributed by atoms with van der Waals surface area (Å²) in [6.45, 7) is 4.41. The number of halogens is 2. The van der Waals surface area contributed by atoms with E-state index < -0.39 is 24.6 Å². The van der Waals surface area contributed by atoms with E-state index in [2.05, 4.69) is 5.32 Å². The first kappa shape index (κ1) is 14.4. The molecule has 0 aromatic heterocycles. The molecule has 0 radical (unpaired) electrons. The van der Waals surface area contributed by atoms with Crippen LogP contribution in [0.5, 0.6) is 0 Å². The Morgan fingerprint density at radius 2 is 2.24 bits per heavy atom. The third-order valence-corrected chi connectivity index (χ3v) is 2.99. The molecular weight excluding hydrogens is 228 g/mol. The normalized spacial score (nSPS) is 30.7. The van der Waals surface area contributed by atoms with E-state index in [-0.39, 0.29) is 6.54 Å². The zero-order valence-corrected chi connectivity index (χ0v) is 10.3. The van der Waals surface area contributed by atoms with Gasteiger partial charge in [0.15, 0.2) is 0 Å². The molecule has 0 saturated carbocycles. The zero-order chi connectivity index (χ0) is 12.8. The van der Waals surface area contributed by atoms with Gasteiger partial charge in [-0.3, -0.25) is 0 Å². The summed E-state index contributed by atoms with van der Waals surface area (Å²) in [6, 6.07) is 0. The Labute approximate surface area is 101 Å². The number of rotatable bonds is 5. The molecule has 0 amide bonds. The Morgan fingerprint density at radius 3 is 2.76 bits per heavy atom. The molecule has 1 rings (SSSR count). The fraction of sp³-hybridized carbons (Fsp3) is 0.833. The first-order chi connectivity index (χ1) is 8.10.